The molecule has 0 aromatic rings. The van der Waals surface area contributed by atoms with Crippen LogP contribution in [0, 0.1) is 17.8 Å². The monoisotopic (exact) mass is 224 g/mol. The van der Waals surface area contributed by atoms with Gasteiger partial charge in [0.05, 0.1) is 17.8 Å². The molecule has 0 aromatic heterocycles. The largest absolute Gasteiger partial charge is 0.389 e. The highest BCUT2D eigenvalue weighted by Crippen LogP contribution is 2.52. The fourth-order valence-electron chi connectivity index (χ4n) is 4.26. The van der Waals surface area contributed by atoms with Crippen LogP contribution in [0.5, 0.6) is 0 Å². The standard InChI is InChI=1S/C14H24O2/c1-9-10(2)13-11(8-12(9)16-13)14(15)6-4-3-5-7-14/h9-13,15H,3-8H2,1-2H3. The molecule has 0 spiro atoms. The first-order valence-corrected chi connectivity index (χ1v) is 7.00. The second-order valence-corrected chi connectivity index (χ2v) is 6.36. The van der Waals surface area contributed by atoms with Gasteiger partial charge in [-0.2, -0.15) is 0 Å². The van der Waals surface area contributed by atoms with E-state index in [4.69, 9.17) is 4.74 Å². The summed E-state index contributed by atoms with van der Waals surface area (Å²) in [5.41, 5.74) is -0.397. The Morgan fingerprint density at radius 2 is 1.75 bits per heavy atom. The quantitative estimate of drug-likeness (QED) is 0.742. The molecule has 2 aliphatic heterocycles. The van der Waals surface area contributed by atoms with Crippen molar-refractivity contribution in [2.24, 2.45) is 17.8 Å². The molecule has 92 valence electrons. The van der Waals surface area contributed by atoms with E-state index in [2.05, 4.69) is 13.8 Å². The van der Waals surface area contributed by atoms with E-state index in [1.807, 2.05) is 0 Å². The Labute approximate surface area is 98.4 Å². The molecule has 0 amide bonds. The van der Waals surface area contributed by atoms with Crippen molar-refractivity contribution in [2.75, 3.05) is 0 Å². The van der Waals surface area contributed by atoms with Gasteiger partial charge in [0.2, 0.25) is 0 Å². The van der Waals surface area contributed by atoms with E-state index in [1.54, 1.807) is 0 Å². The molecule has 0 aromatic carbocycles. The first-order valence-electron chi connectivity index (χ1n) is 7.00. The Hall–Kier alpha value is -0.0800. The lowest BCUT2D eigenvalue weighted by Gasteiger charge is -2.42. The van der Waals surface area contributed by atoms with Gasteiger partial charge in [-0.05, 0) is 31.1 Å². The summed E-state index contributed by atoms with van der Waals surface area (Å²) in [6.07, 6.45) is 7.58. The summed E-state index contributed by atoms with van der Waals surface area (Å²) in [7, 11) is 0. The minimum atomic E-state index is -0.397. The molecular weight excluding hydrogens is 200 g/mol. The van der Waals surface area contributed by atoms with Crippen molar-refractivity contribution in [1.82, 2.24) is 0 Å². The van der Waals surface area contributed by atoms with Gasteiger partial charge < -0.3 is 9.84 Å². The van der Waals surface area contributed by atoms with Gasteiger partial charge in [-0.3, -0.25) is 0 Å². The molecule has 2 bridgehead atoms. The lowest BCUT2D eigenvalue weighted by Crippen LogP contribution is -2.47. The summed E-state index contributed by atoms with van der Waals surface area (Å²) in [5.74, 6) is 1.74. The van der Waals surface area contributed by atoms with Gasteiger partial charge in [0.1, 0.15) is 0 Å². The summed E-state index contributed by atoms with van der Waals surface area (Å²) in [6, 6.07) is 0. The number of ether oxygens (including phenoxy) is 1. The van der Waals surface area contributed by atoms with Gasteiger partial charge >= 0.3 is 0 Å². The van der Waals surface area contributed by atoms with Crippen LogP contribution in [0.1, 0.15) is 52.4 Å². The van der Waals surface area contributed by atoms with Crippen LogP contribution in [-0.2, 0) is 4.74 Å². The van der Waals surface area contributed by atoms with Crippen LogP contribution in [0.25, 0.3) is 0 Å². The highest BCUT2D eigenvalue weighted by atomic mass is 16.5. The lowest BCUT2D eigenvalue weighted by molar-refractivity contribution is -0.0795. The van der Waals surface area contributed by atoms with Crippen molar-refractivity contribution < 1.29 is 9.84 Å². The van der Waals surface area contributed by atoms with Gasteiger partial charge in [-0.1, -0.05) is 33.1 Å². The fraction of sp³-hybridized carbons (Fsp3) is 1.00. The topological polar surface area (TPSA) is 29.5 Å². The Bertz CT molecular complexity index is 268. The predicted octanol–water partition coefficient (Wildman–Crippen LogP) is 2.74. The Balaban J connectivity index is 1.77. The Kier molecular flexibility index (Phi) is 2.56. The highest BCUT2D eigenvalue weighted by molar-refractivity contribution is 5.05. The van der Waals surface area contributed by atoms with Crippen molar-refractivity contribution in [3.05, 3.63) is 0 Å². The zero-order valence-corrected chi connectivity index (χ0v) is 10.5. The maximum Gasteiger partial charge on any atom is 0.0701 e. The molecule has 2 saturated heterocycles. The SMILES string of the molecule is CC1C2CC(C3(O)CCCCC3)C(O2)C1C. The summed E-state index contributed by atoms with van der Waals surface area (Å²) >= 11 is 0. The normalized spacial score (nSPS) is 50.8. The van der Waals surface area contributed by atoms with Gasteiger partial charge in [-0.25, -0.2) is 0 Å². The van der Waals surface area contributed by atoms with E-state index in [0.29, 0.717) is 30.0 Å². The van der Waals surface area contributed by atoms with E-state index < -0.39 is 5.60 Å². The number of fused-ring (bicyclic) bond motifs is 2. The molecule has 3 rings (SSSR count). The molecular formula is C14H24O2. The van der Waals surface area contributed by atoms with Crippen LogP contribution < -0.4 is 0 Å². The molecule has 1 saturated carbocycles. The van der Waals surface area contributed by atoms with Crippen molar-refractivity contribution in [1.29, 1.82) is 0 Å². The number of hydrogen-bond acceptors (Lipinski definition) is 2. The first kappa shape index (κ1) is 11.0. The van der Waals surface area contributed by atoms with Gasteiger partial charge in [0, 0.05) is 5.92 Å². The molecule has 2 heterocycles. The third kappa shape index (κ3) is 1.46. The second-order valence-electron chi connectivity index (χ2n) is 6.36. The molecule has 3 aliphatic rings. The van der Waals surface area contributed by atoms with Crippen LogP contribution in [0.15, 0.2) is 0 Å². The summed E-state index contributed by atoms with van der Waals surface area (Å²) in [4.78, 5) is 0. The molecule has 2 nitrogen and oxygen atoms in total. The summed E-state index contributed by atoms with van der Waals surface area (Å²) in [6.45, 7) is 4.60. The fourth-order valence-corrected chi connectivity index (χ4v) is 4.26. The molecule has 1 N–H and O–H groups in total. The van der Waals surface area contributed by atoms with Gasteiger partial charge in [-0.15, -0.1) is 0 Å². The molecule has 5 unspecified atom stereocenters. The zero-order chi connectivity index (χ0) is 11.3. The average Bonchev–Trinajstić information content (AvgIpc) is 2.82. The minimum absolute atomic E-state index is 0.336. The summed E-state index contributed by atoms with van der Waals surface area (Å²) < 4.78 is 6.07. The molecule has 1 aliphatic carbocycles. The van der Waals surface area contributed by atoms with Crippen LogP contribution in [-0.4, -0.2) is 22.9 Å². The Morgan fingerprint density at radius 1 is 1.06 bits per heavy atom. The van der Waals surface area contributed by atoms with Crippen LogP contribution in [0.2, 0.25) is 0 Å². The van der Waals surface area contributed by atoms with E-state index in [-0.39, 0.29) is 0 Å². The van der Waals surface area contributed by atoms with Crippen molar-refractivity contribution in [2.45, 2.75) is 70.2 Å². The van der Waals surface area contributed by atoms with Crippen molar-refractivity contribution in [3.8, 4) is 0 Å². The van der Waals surface area contributed by atoms with Crippen LogP contribution in [0.4, 0.5) is 0 Å². The average molecular weight is 224 g/mol. The second kappa shape index (κ2) is 3.71. The van der Waals surface area contributed by atoms with E-state index >= 15 is 0 Å². The number of aliphatic hydroxyl groups is 1. The predicted molar refractivity (Wildman–Crippen MR) is 63.1 cm³/mol. The minimum Gasteiger partial charge on any atom is -0.389 e. The van der Waals surface area contributed by atoms with E-state index in [9.17, 15) is 5.11 Å². The van der Waals surface area contributed by atoms with E-state index in [1.165, 1.54) is 19.3 Å². The van der Waals surface area contributed by atoms with Crippen molar-refractivity contribution in [3.63, 3.8) is 0 Å². The van der Waals surface area contributed by atoms with Crippen molar-refractivity contribution >= 4 is 0 Å². The van der Waals surface area contributed by atoms with Gasteiger partial charge in [0.15, 0.2) is 0 Å². The van der Waals surface area contributed by atoms with Gasteiger partial charge in [0.25, 0.3) is 0 Å². The lowest BCUT2D eigenvalue weighted by atomic mass is 9.65. The third-order valence-electron chi connectivity index (χ3n) is 5.56. The summed E-state index contributed by atoms with van der Waals surface area (Å²) in [5, 5.41) is 10.8. The Morgan fingerprint density at radius 3 is 2.31 bits per heavy atom. The molecule has 5 atom stereocenters. The third-order valence-corrected chi connectivity index (χ3v) is 5.56. The molecule has 3 fully saturated rings. The van der Waals surface area contributed by atoms with Crippen LogP contribution >= 0.6 is 0 Å². The molecule has 0 radical (unpaired) electrons. The van der Waals surface area contributed by atoms with E-state index in [0.717, 1.165) is 19.3 Å². The first-order chi connectivity index (χ1) is 7.62. The number of rotatable bonds is 1. The van der Waals surface area contributed by atoms with Crippen LogP contribution in [0.3, 0.4) is 0 Å². The maximum absolute atomic E-state index is 10.8. The smallest absolute Gasteiger partial charge is 0.0701 e. The highest BCUT2D eigenvalue weighted by Gasteiger charge is 2.56. The molecule has 16 heavy (non-hydrogen) atoms. The molecule has 2 heteroatoms. The number of hydrogen-bond donors (Lipinski definition) is 1. The zero-order valence-electron chi connectivity index (χ0n) is 10.5. The maximum atomic E-state index is 10.8.